The summed E-state index contributed by atoms with van der Waals surface area (Å²) in [6, 6.07) is 0. The second-order valence-electron chi connectivity index (χ2n) is 6.27. The Labute approximate surface area is 123 Å². The third-order valence-electron chi connectivity index (χ3n) is 4.75. The molecular weight excluding hydrogens is 260 g/mol. The van der Waals surface area contributed by atoms with Crippen LogP contribution in [0.2, 0.25) is 0 Å². The number of carbonyl (C=O) groups is 1. The molecule has 0 saturated heterocycles. The predicted octanol–water partition coefficient (Wildman–Crippen LogP) is 3.16. The molecule has 0 aromatic carbocycles. The molecule has 0 aromatic heterocycles. The summed E-state index contributed by atoms with van der Waals surface area (Å²) >= 11 is 0. The van der Waals surface area contributed by atoms with Crippen LogP contribution < -0.4 is 11.1 Å². The highest BCUT2D eigenvalue weighted by Gasteiger charge is 2.36. The lowest BCUT2D eigenvalue weighted by Crippen LogP contribution is -2.52. The van der Waals surface area contributed by atoms with Crippen LogP contribution in [0.3, 0.4) is 0 Å². The summed E-state index contributed by atoms with van der Waals surface area (Å²) in [5.74, 6) is 0.998. The molecule has 2 aliphatic carbocycles. The van der Waals surface area contributed by atoms with Gasteiger partial charge in [0.15, 0.2) is 0 Å². The lowest BCUT2D eigenvalue weighted by Gasteiger charge is -2.23. The summed E-state index contributed by atoms with van der Waals surface area (Å²) in [5.41, 5.74) is 5.56. The van der Waals surface area contributed by atoms with Gasteiger partial charge in [-0.25, -0.2) is 0 Å². The zero-order chi connectivity index (χ0) is 12.8. The zero-order valence-electron chi connectivity index (χ0n) is 12.0. The first kappa shape index (κ1) is 16.8. The molecular formula is C15H29ClN2O. The minimum Gasteiger partial charge on any atom is -0.355 e. The molecule has 0 radical (unpaired) electrons. The maximum atomic E-state index is 12.0. The monoisotopic (exact) mass is 288 g/mol. The molecule has 0 aromatic rings. The molecule has 0 heterocycles. The second kappa shape index (κ2) is 8.11. The highest BCUT2D eigenvalue weighted by atomic mass is 35.5. The molecule has 0 unspecified atom stereocenters. The number of halogens is 1. The Kier molecular flexibility index (Phi) is 7.16. The van der Waals surface area contributed by atoms with E-state index in [9.17, 15) is 4.79 Å². The van der Waals surface area contributed by atoms with Gasteiger partial charge in [-0.2, -0.15) is 0 Å². The molecule has 4 heteroatoms. The maximum Gasteiger partial charge on any atom is 0.240 e. The van der Waals surface area contributed by atoms with Crippen LogP contribution in [0.15, 0.2) is 0 Å². The van der Waals surface area contributed by atoms with E-state index in [2.05, 4.69) is 5.32 Å². The van der Waals surface area contributed by atoms with Gasteiger partial charge in [-0.15, -0.1) is 12.4 Å². The molecule has 1 amide bonds. The Morgan fingerprint density at radius 1 is 1.11 bits per heavy atom. The second-order valence-corrected chi connectivity index (χ2v) is 6.27. The Balaban J connectivity index is 0.00000180. The van der Waals surface area contributed by atoms with Crippen molar-refractivity contribution in [2.75, 3.05) is 6.54 Å². The van der Waals surface area contributed by atoms with Gasteiger partial charge in [0, 0.05) is 6.54 Å². The smallest absolute Gasteiger partial charge is 0.240 e. The van der Waals surface area contributed by atoms with Crippen LogP contribution in [0.5, 0.6) is 0 Å². The van der Waals surface area contributed by atoms with E-state index in [0.717, 1.165) is 44.6 Å². The normalized spacial score (nSPS) is 22.8. The van der Waals surface area contributed by atoms with Crippen LogP contribution >= 0.6 is 12.4 Å². The Bertz CT molecular complexity index is 271. The van der Waals surface area contributed by atoms with Gasteiger partial charge in [-0.1, -0.05) is 44.9 Å². The van der Waals surface area contributed by atoms with E-state index >= 15 is 0 Å². The lowest BCUT2D eigenvalue weighted by molar-refractivity contribution is -0.126. The average molecular weight is 289 g/mol. The third kappa shape index (κ3) is 4.96. The van der Waals surface area contributed by atoms with Crippen molar-refractivity contribution in [2.24, 2.45) is 11.7 Å². The van der Waals surface area contributed by atoms with Crippen LogP contribution in [0.1, 0.15) is 70.6 Å². The number of amides is 1. The summed E-state index contributed by atoms with van der Waals surface area (Å²) < 4.78 is 0. The van der Waals surface area contributed by atoms with Gasteiger partial charge in [0.2, 0.25) is 5.91 Å². The van der Waals surface area contributed by atoms with Gasteiger partial charge in [-0.3, -0.25) is 4.79 Å². The SMILES string of the molecule is Cl.NC1(C(=O)NCCCC2CCCCC2)CCCC1. The largest absolute Gasteiger partial charge is 0.355 e. The van der Waals surface area contributed by atoms with Crippen molar-refractivity contribution in [3.8, 4) is 0 Å². The van der Waals surface area contributed by atoms with Crippen molar-refractivity contribution >= 4 is 18.3 Å². The molecule has 2 rings (SSSR count). The topological polar surface area (TPSA) is 55.1 Å². The van der Waals surface area contributed by atoms with Crippen LogP contribution in [0.4, 0.5) is 0 Å². The summed E-state index contributed by atoms with van der Waals surface area (Å²) in [6.07, 6.45) is 13.4. The van der Waals surface area contributed by atoms with Crippen LogP contribution in [-0.2, 0) is 4.79 Å². The Hall–Kier alpha value is -0.280. The fraction of sp³-hybridized carbons (Fsp3) is 0.933. The van der Waals surface area contributed by atoms with Crippen molar-refractivity contribution < 1.29 is 4.79 Å². The van der Waals surface area contributed by atoms with Crippen LogP contribution in [-0.4, -0.2) is 18.0 Å². The average Bonchev–Trinajstić information content (AvgIpc) is 2.84. The van der Waals surface area contributed by atoms with Gasteiger partial charge in [0.25, 0.3) is 0 Å². The molecule has 3 N–H and O–H groups in total. The fourth-order valence-corrected chi connectivity index (χ4v) is 3.48. The van der Waals surface area contributed by atoms with Crippen molar-refractivity contribution in [3.63, 3.8) is 0 Å². The highest BCUT2D eigenvalue weighted by molar-refractivity contribution is 5.86. The fourth-order valence-electron chi connectivity index (χ4n) is 3.48. The lowest BCUT2D eigenvalue weighted by atomic mass is 9.86. The molecule has 0 aliphatic heterocycles. The summed E-state index contributed by atoms with van der Waals surface area (Å²) in [4.78, 5) is 12.0. The van der Waals surface area contributed by atoms with E-state index in [-0.39, 0.29) is 18.3 Å². The predicted molar refractivity (Wildman–Crippen MR) is 81.5 cm³/mol. The Morgan fingerprint density at radius 2 is 1.74 bits per heavy atom. The van der Waals surface area contributed by atoms with E-state index in [4.69, 9.17) is 5.73 Å². The molecule has 19 heavy (non-hydrogen) atoms. The van der Waals surface area contributed by atoms with E-state index in [1.807, 2.05) is 0 Å². The van der Waals surface area contributed by atoms with Gasteiger partial charge in [0.1, 0.15) is 0 Å². The first-order valence-electron chi connectivity index (χ1n) is 7.78. The third-order valence-corrected chi connectivity index (χ3v) is 4.75. The summed E-state index contributed by atoms with van der Waals surface area (Å²) in [7, 11) is 0. The molecule has 2 fully saturated rings. The Morgan fingerprint density at radius 3 is 2.37 bits per heavy atom. The highest BCUT2D eigenvalue weighted by Crippen LogP contribution is 2.28. The first-order valence-corrected chi connectivity index (χ1v) is 7.78. The van der Waals surface area contributed by atoms with Crippen molar-refractivity contribution in [1.82, 2.24) is 5.32 Å². The number of nitrogens with two attached hydrogens (primary N) is 1. The molecule has 0 bridgehead atoms. The number of carbonyl (C=O) groups excluding carboxylic acids is 1. The van der Waals surface area contributed by atoms with E-state index in [1.165, 1.54) is 38.5 Å². The zero-order valence-corrected chi connectivity index (χ0v) is 12.8. The molecule has 2 saturated carbocycles. The van der Waals surface area contributed by atoms with Crippen molar-refractivity contribution in [3.05, 3.63) is 0 Å². The van der Waals surface area contributed by atoms with E-state index < -0.39 is 5.54 Å². The van der Waals surface area contributed by atoms with Crippen molar-refractivity contribution in [2.45, 2.75) is 76.2 Å². The van der Waals surface area contributed by atoms with Gasteiger partial charge >= 0.3 is 0 Å². The first-order chi connectivity index (χ1) is 8.71. The van der Waals surface area contributed by atoms with E-state index in [0.29, 0.717) is 0 Å². The standard InChI is InChI=1S/C15H28N2O.ClH/c16-15(10-4-5-11-15)14(18)17-12-6-9-13-7-2-1-3-8-13;/h13H,1-12,16H2,(H,17,18);1H. The number of nitrogens with one attached hydrogen (secondary N) is 1. The minimum atomic E-state index is -0.551. The van der Waals surface area contributed by atoms with Gasteiger partial charge < -0.3 is 11.1 Å². The maximum absolute atomic E-state index is 12.0. The van der Waals surface area contributed by atoms with Gasteiger partial charge in [-0.05, 0) is 31.6 Å². The quantitative estimate of drug-likeness (QED) is 0.764. The molecule has 0 atom stereocenters. The van der Waals surface area contributed by atoms with Crippen LogP contribution in [0, 0.1) is 5.92 Å². The van der Waals surface area contributed by atoms with E-state index in [1.54, 1.807) is 0 Å². The van der Waals surface area contributed by atoms with Crippen LogP contribution in [0.25, 0.3) is 0 Å². The summed E-state index contributed by atoms with van der Waals surface area (Å²) in [6.45, 7) is 0.814. The number of rotatable bonds is 5. The van der Waals surface area contributed by atoms with Crippen molar-refractivity contribution in [1.29, 1.82) is 0 Å². The summed E-state index contributed by atoms with van der Waals surface area (Å²) in [5, 5.41) is 3.04. The molecule has 112 valence electrons. The minimum absolute atomic E-state index is 0. The molecule has 3 nitrogen and oxygen atoms in total. The number of hydrogen-bond acceptors (Lipinski definition) is 2. The molecule has 2 aliphatic rings. The number of hydrogen-bond donors (Lipinski definition) is 2. The molecule has 0 spiro atoms. The van der Waals surface area contributed by atoms with Gasteiger partial charge in [0.05, 0.1) is 5.54 Å².